The molecule has 0 radical (unpaired) electrons. The first-order valence-corrected chi connectivity index (χ1v) is 15.5. The Morgan fingerprint density at radius 1 is 1.05 bits per heavy atom. The zero-order valence-corrected chi connectivity index (χ0v) is 23.4. The second-order valence-corrected chi connectivity index (χ2v) is 15.7. The normalized spacial score (nSPS) is 28.2. The van der Waals surface area contributed by atoms with E-state index in [1.807, 2.05) is 54.6 Å². The van der Waals surface area contributed by atoms with Crippen LogP contribution in [0, 0.1) is 0 Å². The maximum atomic E-state index is 9.50. The first-order chi connectivity index (χ1) is 17.6. The van der Waals surface area contributed by atoms with Crippen molar-refractivity contribution in [3.05, 3.63) is 76.2 Å². The maximum absolute atomic E-state index is 9.50. The van der Waals surface area contributed by atoms with Crippen LogP contribution in [0.5, 0.6) is 5.75 Å². The number of azide groups is 1. The van der Waals surface area contributed by atoms with E-state index in [4.69, 9.17) is 28.1 Å². The summed E-state index contributed by atoms with van der Waals surface area (Å²) in [7, 11) is -0.641. The summed E-state index contributed by atoms with van der Waals surface area (Å²) in [4.78, 5) is 3.14. The van der Waals surface area contributed by atoms with E-state index in [0.717, 1.165) is 16.9 Å². The third-order valence-electron chi connectivity index (χ3n) is 7.38. The van der Waals surface area contributed by atoms with Gasteiger partial charge in [-0.15, -0.1) is 0 Å². The minimum absolute atomic E-state index is 0.0640. The number of nitrogens with zero attached hydrogens (tertiary/aromatic N) is 3. The van der Waals surface area contributed by atoms with Crippen LogP contribution in [0.15, 0.2) is 59.7 Å². The summed E-state index contributed by atoms with van der Waals surface area (Å²) in [5.74, 6) is 0.767. The molecule has 2 aliphatic heterocycles. The number of ether oxygens (including phenoxy) is 5. The third-order valence-corrected chi connectivity index (χ3v) is 11.8. The molecule has 2 saturated heterocycles. The summed E-state index contributed by atoms with van der Waals surface area (Å²) in [6.45, 7) is 11.3. The first-order valence-electron chi connectivity index (χ1n) is 12.6. The zero-order valence-electron chi connectivity index (χ0n) is 22.4. The first kappa shape index (κ1) is 27.6. The largest absolute Gasteiger partial charge is 0.497 e. The van der Waals surface area contributed by atoms with Crippen LogP contribution in [0.25, 0.3) is 10.4 Å². The molecule has 2 aromatic carbocycles. The average Bonchev–Trinajstić information content (AvgIpc) is 2.88. The van der Waals surface area contributed by atoms with Gasteiger partial charge < -0.3 is 28.1 Å². The van der Waals surface area contributed by atoms with E-state index in [2.05, 4.69) is 43.9 Å². The van der Waals surface area contributed by atoms with Gasteiger partial charge in [-0.25, -0.2) is 0 Å². The van der Waals surface area contributed by atoms with Crippen molar-refractivity contribution in [2.45, 2.75) is 82.4 Å². The standard InChI is InChI=1S/C27H37N3O6Si/c1-27(2,3)37(5,6)36-26-22(29-30-28)24(32-16-18-12-14-20(31-4)15-13-18)23-21(34-26)17-33-25(35-23)19-10-8-7-9-11-19/h7-15,21-26H,16-17H2,1-6H3/t21-,22-,23-,24-,25-,26+/m1/s1. The van der Waals surface area contributed by atoms with Crippen molar-refractivity contribution in [3.63, 3.8) is 0 Å². The molecule has 0 N–H and O–H groups in total. The van der Waals surface area contributed by atoms with Crippen LogP contribution in [-0.2, 0) is 30.0 Å². The van der Waals surface area contributed by atoms with Gasteiger partial charge >= 0.3 is 0 Å². The van der Waals surface area contributed by atoms with E-state index < -0.39 is 45.3 Å². The van der Waals surface area contributed by atoms with Crippen LogP contribution in [-0.4, -0.2) is 52.7 Å². The molecule has 0 amide bonds. The van der Waals surface area contributed by atoms with Crippen molar-refractivity contribution in [3.8, 4) is 5.75 Å². The van der Waals surface area contributed by atoms with Gasteiger partial charge in [-0.2, -0.15) is 0 Å². The van der Waals surface area contributed by atoms with Crippen LogP contribution in [0.2, 0.25) is 18.1 Å². The summed E-state index contributed by atoms with van der Waals surface area (Å²) in [5.41, 5.74) is 11.4. The van der Waals surface area contributed by atoms with Gasteiger partial charge in [0.25, 0.3) is 0 Å². The number of rotatable bonds is 8. The van der Waals surface area contributed by atoms with E-state index in [-0.39, 0.29) is 5.04 Å². The molecule has 2 heterocycles. The van der Waals surface area contributed by atoms with Crippen LogP contribution >= 0.6 is 0 Å². The molecule has 4 rings (SSSR count). The number of hydrogen-bond donors (Lipinski definition) is 0. The molecule has 200 valence electrons. The average molecular weight is 528 g/mol. The molecule has 0 aromatic heterocycles. The number of benzene rings is 2. The van der Waals surface area contributed by atoms with Gasteiger partial charge in [-0.3, -0.25) is 0 Å². The molecule has 0 aliphatic carbocycles. The molecule has 0 unspecified atom stereocenters. The van der Waals surface area contributed by atoms with E-state index >= 15 is 0 Å². The molecule has 0 saturated carbocycles. The van der Waals surface area contributed by atoms with E-state index in [1.165, 1.54) is 0 Å². The van der Waals surface area contributed by atoms with Crippen molar-refractivity contribution < 1.29 is 28.1 Å². The molecule has 2 aliphatic rings. The lowest BCUT2D eigenvalue weighted by atomic mass is 9.96. The van der Waals surface area contributed by atoms with E-state index in [0.29, 0.717) is 13.2 Å². The molecule has 10 heteroatoms. The minimum atomic E-state index is -2.27. The van der Waals surface area contributed by atoms with Crippen LogP contribution in [0.1, 0.15) is 38.2 Å². The second-order valence-electron chi connectivity index (χ2n) is 10.9. The molecular weight excluding hydrogens is 490 g/mol. The SMILES string of the molecule is COc1ccc(CO[C@@H]2[C@@H](N=[N+]=[N-])[C@H](O[Si](C)(C)C(C)(C)C)O[C@@H]3CO[C@@H](c4ccccc4)O[C@@H]23)cc1. The van der Waals surface area contributed by atoms with Crippen molar-refractivity contribution in [2.75, 3.05) is 13.7 Å². The van der Waals surface area contributed by atoms with Crippen molar-refractivity contribution >= 4 is 8.32 Å². The van der Waals surface area contributed by atoms with Gasteiger partial charge in [0.05, 0.1) is 20.3 Å². The van der Waals surface area contributed by atoms with Crippen LogP contribution in [0.4, 0.5) is 0 Å². The predicted molar refractivity (Wildman–Crippen MR) is 141 cm³/mol. The fourth-order valence-corrected chi connectivity index (χ4v) is 5.32. The van der Waals surface area contributed by atoms with E-state index in [1.54, 1.807) is 7.11 Å². The van der Waals surface area contributed by atoms with Gasteiger partial charge in [0.15, 0.2) is 20.9 Å². The zero-order chi connectivity index (χ0) is 26.6. The maximum Gasteiger partial charge on any atom is 0.195 e. The minimum Gasteiger partial charge on any atom is -0.497 e. The highest BCUT2D eigenvalue weighted by atomic mass is 28.4. The third kappa shape index (κ3) is 6.35. The van der Waals surface area contributed by atoms with Crippen molar-refractivity contribution in [1.82, 2.24) is 0 Å². The highest BCUT2D eigenvalue weighted by Crippen LogP contribution is 2.42. The fraction of sp³-hybridized carbons (Fsp3) is 0.556. The molecule has 37 heavy (non-hydrogen) atoms. The smallest absolute Gasteiger partial charge is 0.195 e. The highest BCUT2D eigenvalue weighted by Gasteiger charge is 2.53. The van der Waals surface area contributed by atoms with Crippen molar-refractivity contribution in [1.29, 1.82) is 0 Å². The molecule has 0 bridgehead atoms. The van der Waals surface area contributed by atoms with Gasteiger partial charge in [0, 0.05) is 10.5 Å². The summed E-state index contributed by atoms with van der Waals surface area (Å²) in [6, 6.07) is 16.6. The topological polar surface area (TPSA) is 104 Å². The lowest BCUT2D eigenvalue weighted by Crippen LogP contribution is -2.64. The number of fused-ring (bicyclic) bond motifs is 1. The Kier molecular flexibility index (Phi) is 8.60. The molecule has 0 spiro atoms. The van der Waals surface area contributed by atoms with Crippen LogP contribution < -0.4 is 4.74 Å². The molecule has 6 atom stereocenters. The summed E-state index contributed by atoms with van der Waals surface area (Å²) in [6.07, 6.45) is -2.93. The predicted octanol–water partition coefficient (Wildman–Crippen LogP) is 6.12. The molecule has 2 aromatic rings. The Morgan fingerprint density at radius 2 is 1.76 bits per heavy atom. The second kappa shape index (κ2) is 11.5. The molecule has 9 nitrogen and oxygen atoms in total. The molecule has 2 fully saturated rings. The highest BCUT2D eigenvalue weighted by molar-refractivity contribution is 6.74. The lowest BCUT2D eigenvalue weighted by molar-refractivity contribution is -0.338. The lowest BCUT2D eigenvalue weighted by Gasteiger charge is -2.50. The Bertz CT molecular complexity index is 1070. The van der Waals surface area contributed by atoms with Gasteiger partial charge in [0.1, 0.15) is 30.1 Å². The summed E-state index contributed by atoms with van der Waals surface area (Å²) < 4.78 is 37.2. The summed E-state index contributed by atoms with van der Waals surface area (Å²) in [5, 5.41) is 4.06. The number of hydrogen-bond acceptors (Lipinski definition) is 7. The van der Waals surface area contributed by atoms with E-state index in [9.17, 15) is 5.53 Å². The Hall–Kier alpha value is -2.43. The van der Waals surface area contributed by atoms with Gasteiger partial charge in [0.2, 0.25) is 0 Å². The Morgan fingerprint density at radius 3 is 2.38 bits per heavy atom. The monoisotopic (exact) mass is 527 g/mol. The van der Waals surface area contributed by atoms with Gasteiger partial charge in [-0.05, 0) is 41.4 Å². The van der Waals surface area contributed by atoms with Crippen molar-refractivity contribution in [2.24, 2.45) is 5.11 Å². The Balaban J connectivity index is 1.63. The Labute approximate surface area is 219 Å². The summed E-state index contributed by atoms with van der Waals surface area (Å²) >= 11 is 0. The van der Waals surface area contributed by atoms with Crippen LogP contribution in [0.3, 0.4) is 0 Å². The van der Waals surface area contributed by atoms with Gasteiger partial charge in [-0.1, -0.05) is 68.4 Å². The molecular formula is C27H37N3O6Si. The number of methoxy groups -OCH3 is 1. The fourth-order valence-electron chi connectivity index (χ4n) is 4.19. The quantitative estimate of drug-likeness (QED) is 0.177.